The Bertz CT molecular complexity index is 413. The maximum atomic E-state index is 9.27. The molecule has 0 aliphatic carbocycles. The van der Waals surface area contributed by atoms with Crippen molar-refractivity contribution in [3.63, 3.8) is 0 Å². The van der Waals surface area contributed by atoms with E-state index in [0.29, 0.717) is 11.7 Å². The third kappa shape index (κ3) is 1.55. The van der Waals surface area contributed by atoms with Crippen LogP contribution in [0.1, 0.15) is 18.0 Å². The van der Waals surface area contributed by atoms with Crippen LogP contribution in [0, 0.1) is 5.92 Å². The summed E-state index contributed by atoms with van der Waals surface area (Å²) in [6.45, 7) is 2.01. The minimum atomic E-state index is 0.253. The summed E-state index contributed by atoms with van der Waals surface area (Å²) >= 11 is 0. The highest BCUT2D eigenvalue weighted by atomic mass is 16.3. The highest BCUT2D eigenvalue weighted by Crippen LogP contribution is 2.30. The molecule has 0 bridgehead atoms. The van der Waals surface area contributed by atoms with E-state index >= 15 is 0 Å². The first-order valence-electron chi connectivity index (χ1n) is 5.66. The van der Waals surface area contributed by atoms with E-state index in [1.807, 2.05) is 12.1 Å². The second kappa shape index (κ2) is 3.79. The smallest absolute Gasteiger partial charge is 0.115 e. The van der Waals surface area contributed by atoms with Crippen molar-refractivity contribution in [1.29, 1.82) is 0 Å². The Kier molecular flexibility index (Phi) is 2.29. The number of phenolic OH excluding ortho intramolecular Hbond substituents is 1. The van der Waals surface area contributed by atoms with Gasteiger partial charge in [0.15, 0.2) is 0 Å². The topological polar surface area (TPSA) is 56.6 Å². The van der Waals surface area contributed by atoms with Gasteiger partial charge in [-0.15, -0.1) is 0 Å². The average molecular weight is 217 g/mol. The van der Waals surface area contributed by atoms with Crippen LogP contribution in [0.2, 0.25) is 0 Å². The lowest BCUT2D eigenvalue weighted by atomic mass is 9.87. The molecule has 1 saturated heterocycles. The van der Waals surface area contributed by atoms with Crippen molar-refractivity contribution in [2.24, 2.45) is 11.0 Å². The molecule has 0 spiro atoms. The predicted octanol–water partition coefficient (Wildman–Crippen LogP) is 1.00. The maximum absolute atomic E-state index is 9.27. The van der Waals surface area contributed by atoms with Crippen LogP contribution in [0.15, 0.2) is 29.4 Å². The summed E-state index contributed by atoms with van der Waals surface area (Å²) in [7, 11) is 0. The standard InChI is InChI=1S/C12H15N3O/c16-9-3-1-8(2-4-9)12-10-7-13-6-5-11(10)14-15-12/h1-4,10,12-13,15-16H,5-7H2. The van der Waals surface area contributed by atoms with E-state index in [2.05, 4.69) is 15.8 Å². The van der Waals surface area contributed by atoms with Crippen molar-refractivity contribution in [2.45, 2.75) is 12.5 Å². The van der Waals surface area contributed by atoms with Crippen LogP contribution in [0.5, 0.6) is 5.75 Å². The van der Waals surface area contributed by atoms with Gasteiger partial charge in [0, 0.05) is 31.1 Å². The van der Waals surface area contributed by atoms with Crippen molar-refractivity contribution >= 4 is 5.71 Å². The number of benzene rings is 1. The summed E-state index contributed by atoms with van der Waals surface area (Å²) < 4.78 is 0. The summed E-state index contributed by atoms with van der Waals surface area (Å²) in [5.41, 5.74) is 5.66. The summed E-state index contributed by atoms with van der Waals surface area (Å²) in [5.74, 6) is 0.767. The van der Waals surface area contributed by atoms with Crippen LogP contribution >= 0.6 is 0 Å². The summed E-state index contributed by atoms with van der Waals surface area (Å²) in [6, 6.07) is 7.62. The van der Waals surface area contributed by atoms with E-state index < -0.39 is 0 Å². The highest BCUT2D eigenvalue weighted by molar-refractivity contribution is 5.89. The first kappa shape index (κ1) is 9.66. The summed E-state index contributed by atoms with van der Waals surface area (Å²) in [6.07, 6.45) is 1.03. The number of hydrogen-bond donors (Lipinski definition) is 3. The second-order valence-corrected chi connectivity index (χ2v) is 4.36. The monoisotopic (exact) mass is 217 g/mol. The van der Waals surface area contributed by atoms with Gasteiger partial charge in [-0.2, -0.15) is 5.10 Å². The number of fused-ring (bicyclic) bond motifs is 1. The fraction of sp³-hybridized carbons (Fsp3) is 0.417. The van der Waals surface area contributed by atoms with Crippen molar-refractivity contribution in [2.75, 3.05) is 13.1 Å². The number of hydrazone groups is 1. The maximum Gasteiger partial charge on any atom is 0.115 e. The van der Waals surface area contributed by atoms with Gasteiger partial charge in [-0.05, 0) is 17.7 Å². The summed E-state index contributed by atoms with van der Waals surface area (Å²) in [5, 5.41) is 17.1. The Hall–Kier alpha value is -1.55. The number of hydrogen-bond acceptors (Lipinski definition) is 4. The van der Waals surface area contributed by atoms with E-state index in [1.54, 1.807) is 12.1 Å². The molecule has 1 aromatic carbocycles. The van der Waals surface area contributed by atoms with E-state index in [4.69, 9.17) is 0 Å². The van der Waals surface area contributed by atoms with Gasteiger partial charge in [-0.25, -0.2) is 0 Å². The molecule has 2 unspecified atom stereocenters. The van der Waals surface area contributed by atoms with Crippen molar-refractivity contribution in [3.05, 3.63) is 29.8 Å². The lowest BCUT2D eigenvalue weighted by Crippen LogP contribution is -2.38. The molecule has 2 aliphatic heterocycles. The lowest BCUT2D eigenvalue weighted by Gasteiger charge is -2.25. The third-order valence-electron chi connectivity index (χ3n) is 3.35. The van der Waals surface area contributed by atoms with Gasteiger partial charge in [-0.3, -0.25) is 0 Å². The fourth-order valence-corrected chi connectivity index (χ4v) is 2.46. The molecule has 0 saturated carbocycles. The molecule has 2 heterocycles. The Morgan fingerprint density at radius 2 is 2.06 bits per heavy atom. The fourth-order valence-electron chi connectivity index (χ4n) is 2.46. The minimum Gasteiger partial charge on any atom is -0.508 e. The van der Waals surface area contributed by atoms with Crippen LogP contribution < -0.4 is 10.7 Å². The molecule has 0 amide bonds. The highest BCUT2D eigenvalue weighted by Gasteiger charge is 2.33. The molecule has 1 aromatic rings. The van der Waals surface area contributed by atoms with E-state index in [9.17, 15) is 5.11 Å². The lowest BCUT2D eigenvalue weighted by molar-refractivity contribution is 0.448. The quantitative estimate of drug-likeness (QED) is 0.658. The predicted molar refractivity (Wildman–Crippen MR) is 62.4 cm³/mol. The molecule has 0 radical (unpaired) electrons. The number of nitrogens with one attached hydrogen (secondary N) is 2. The van der Waals surface area contributed by atoms with Crippen LogP contribution in [0.25, 0.3) is 0 Å². The summed E-state index contributed by atoms with van der Waals surface area (Å²) in [4.78, 5) is 0. The van der Waals surface area contributed by atoms with Gasteiger partial charge in [-0.1, -0.05) is 12.1 Å². The van der Waals surface area contributed by atoms with Gasteiger partial charge in [0.2, 0.25) is 0 Å². The van der Waals surface area contributed by atoms with Crippen LogP contribution in [0.4, 0.5) is 0 Å². The van der Waals surface area contributed by atoms with Gasteiger partial charge in [0.05, 0.1) is 6.04 Å². The zero-order valence-corrected chi connectivity index (χ0v) is 8.98. The number of phenols is 1. The first-order chi connectivity index (χ1) is 7.84. The van der Waals surface area contributed by atoms with Crippen molar-refractivity contribution < 1.29 is 5.11 Å². The second-order valence-electron chi connectivity index (χ2n) is 4.36. The zero-order valence-electron chi connectivity index (χ0n) is 8.98. The van der Waals surface area contributed by atoms with Crippen molar-refractivity contribution in [1.82, 2.24) is 10.7 Å². The number of nitrogens with zero attached hydrogens (tertiary/aromatic N) is 1. The first-order valence-corrected chi connectivity index (χ1v) is 5.66. The van der Waals surface area contributed by atoms with Crippen LogP contribution in [0.3, 0.4) is 0 Å². The van der Waals surface area contributed by atoms with Crippen LogP contribution in [-0.4, -0.2) is 23.9 Å². The van der Waals surface area contributed by atoms with E-state index in [0.717, 1.165) is 19.5 Å². The molecule has 3 rings (SSSR count). The number of aromatic hydroxyl groups is 1. The van der Waals surface area contributed by atoms with Crippen molar-refractivity contribution in [3.8, 4) is 5.75 Å². The minimum absolute atomic E-state index is 0.253. The molecular formula is C12H15N3O. The average Bonchev–Trinajstić information content (AvgIpc) is 2.74. The van der Waals surface area contributed by atoms with Gasteiger partial charge in [0.25, 0.3) is 0 Å². The molecule has 2 aliphatic rings. The molecule has 84 valence electrons. The Morgan fingerprint density at radius 3 is 2.88 bits per heavy atom. The molecule has 4 nitrogen and oxygen atoms in total. The third-order valence-corrected chi connectivity index (χ3v) is 3.35. The molecule has 1 fully saturated rings. The van der Waals surface area contributed by atoms with Gasteiger partial charge in [0.1, 0.15) is 5.75 Å². The molecule has 3 N–H and O–H groups in total. The SMILES string of the molecule is Oc1ccc(C2NN=C3CCNCC32)cc1. The molecule has 2 atom stereocenters. The Morgan fingerprint density at radius 1 is 1.25 bits per heavy atom. The zero-order chi connectivity index (χ0) is 11.0. The number of piperidine rings is 1. The normalized spacial score (nSPS) is 28.1. The molecule has 16 heavy (non-hydrogen) atoms. The largest absolute Gasteiger partial charge is 0.508 e. The number of rotatable bonds is 1. The van der Waals surface area contributed by atoms with Crippen LogP contribution in [-0.2, 0) is 0 Å². The van der Waals surface area contributed by atoms with Gasteiger partial charge >= 0.3 is 0 Å². The Balaban J connectivity index is 1.84. The van der Waals surface area contributed by atoms with E-state index in [-0.39, 0.29) is 6.04 Å². The van der Waals surface area contributed by atoms with Gasteiger partial charge < -0.3 is 15.8 Å². The molecular weight excluding hydrogens is 202 g/mol. The molecule has 0 aromatic heterocycles. The molecule has 4 heteroatoms. The van der Waals surface area contributed by atoms with E-state index in [1.165, 1.54) is 11.3 Å². The Labute approximate surface area is 94.4 Å².